The van der Waals surface area contributed by atoms with Crippen molar-refractivity contribution >= 4 is 15.6 Å². The third-order valence-electron chi connectivity index (χ3n) is 0.500. The van der Waals surface area contributed by atoms with Gasteiger partial charge >= 0.3 is 0 Å². The Labute approximate surface area is 101 Å². The Morgan fingerprint density at radius 1 is 0.706 bits per heavy atom. The highest BCUT2D eigenvalue weighted by atomic mass is 31.2. The van der Waals surface area contributed by atoms with Crippen molar-refractivity contribution in [2.75, 3.05) is 0 Å². The molecule has 11 heteroatoms. The van der Waals surface area contributed by atoms with Crippen molar-refractivity contribution in [1.29, 1.82) is 0 Å². The molecule has 0 aliphatic rings. The van der Waals surface area contributed by atoms with Gasteiger partial charge in [-0.25, -0.2) is 0 Å². The molecular formula is C6H18O9P2-6. The Morgan fingerprint density at radius 2 is 0.765 bits per heavy atom. The van der Waals surface area contributed by atoms with Crippen molar-refractivity contribution in [3.63, 3.8) is 0 Å². The average molecular weight is 296 g/mol. The average Bonchev–Trinajstić information content (AvgIpc) is 2.01. The zero-order valence-corrected chi connectivity index (χ0v) is 11.9. The van der Waals surface area contributed by atoms with Crippen LogP contribution in [0.5, 0.6) is 0 Å². The Bertz CT molecular complexity index is 157. The van der Waals surface area contributed by atoms with E-state index in [1.807, 2.05) is 13.8 Å². The van der Waals surface area contributed by atoms with E-state index in [2.05, 4.69) is 13.8 Å². The predicted octanol–water partition coefficient (Wildman–Crippen LogP) is -3.64. The molecule has 0 aromatic heterocycles. The van der Waals surface area contributed by atoms with E-state index in [0.717, 1.165) is 0 Å². The van der Waals surface area contributed by atoms with Crippen LogP contribution < -0.4 is 29.4 Å². The fourth-order valence-corrected chi connectivity index (χ4v) is 0. The molecule has 0 aliphatic heterocycles. The summed E-state index contributed by atoms with van der Waals surface area (Å²) in [4.78, 5) is 51.3. The molecule has 0 fully saturated rings. The second kappa shape index (κ2) is 18.5. The predicted molar refractivity (Wildman–Crippen MR) is 50.8 cm³/mol. The summed E-state index contributed by atoms with van der Waals surface area (Å²) < 4.78 is 17.1. The molecular weight excluding hydrogens is 278 g/mol. The van der Waals surface area contributed by atoms with Gasteiger partial charge in [0, 0.05) is 0 Å². The van der Waals surface area contributed by atoms with Crippen LogP contribution >= 0.6 is 15.6 Å². The van der Waals surface area contributed by atoms with Gasteiger partial charge in [-0.15, -0.1) is 0 Å². The van der Waals surface area contributed by atoms with Gasteiger partial charge in [-0.3, -0.25) is 0 Å². The van der Waals surface area contributed by atoms with Gasteiger partial charge in [-0.2, -0.15) is 15.6 Å². The molecule has 9 nitrogen and oxygen atoms in total. The molecule has 0 atom stereocenters. The van der Waals surface area contributed by atoms with Gasteiger partial charge in [0.2, 0.25) is 0 Å². The van der Waals surface area contributed by atoms with Gasteiger partial charge in [0.05, 0.1) is 0 Å². The SMILES string of the molecule is CC.CCCC.O.O=P([O-])([O-])[O-].O=P([O-])([O-])[O-]. The van der Waals surface area contributed by atoms with Crippen molar-refractivity contribution in [1.82, 2.24) is 0 Å². The topological polar surface area (TPSA) is 204 Å². The van der Waals surface area contributed by atoms with E-state index in [0.29, 0.717) is 0 Å². The summed E-state index contributed by atoms with van der Waals surface area (Å²) in [6.07, 6.45) is 2.64. The Kier molecular flexibility index (Phi) is 33.1. The molecule has 17 heavy (non-hydrogen) atoms. The number of hydrogen-bond donors (Lipinski definition) is 0. The lowest BCUT2D eigenvalue weighted by Gasteiger charge is -2.36. The van der Waals surface area contributed by atoms with Crippen LogP contribution in [0.1, 0.15) is 40.5 Å². The number of rotatable bonds is 1. The minimum absolute atomic E-state index is 0. The molecule has 0 heterocycles. The smallest absolute Gasteiger partial charge is 0.0564 e. The number of hydrogen-bond acceptors (Lipinski definition) is 8. The van der Waals surface area contributed by atoms with E-state index in [1.165, 1.54) is 12.8 Å². The van der Waals surface area contributed by atoms with Crippen LogP contribution in [0.15, 0.2) is 0 Å². The van der Waals surface area contributed by atoms with Crippen LogP contribution in [0.4, 0.5) is 0 Å². The van der Waals surface area contributed by atoms with Crippen molar-refractivity contribution in [3.05, 3.63) is 0 Å². The van der Waals surface area contributed by atoms with Gasteiger partial charge in [-0.1, -0.05) is 40.5 Å². The fourth-order valence-electron chi connectivity index (χ4n) is 0. The Hall–Kier alpha value is 0.180. The molecule has 0 amide bonds. The van der Waals surface area contributed by atoms with E-state index in [9.17, 15) is 0 Å². The van der Waals surface area contributed by atoms with Crippen molar-refractivity contribution in [2.45, 2.75) is 40.5 Å². The normalized spacial score (nSPS) is 9.06. The quantitative estimate of drug-likeness (QED) is 0.440. The van der Waals surface area contributed by atoms with Gasteiger partial charge in [0.25, 0.3) is 0 Å². The largest absolute Gasteiger partial charge is 0.822 e. The number of phosphoric acid groups is 2. The van der Waals surface area contributed by atoms with Crippen LogP contribution in [0, 0.1) is 0 Å². The Balaban J connectivity index is -0.0000000386. The maximum atomic E-state index is 8.55. The summed E-state index contributed by atoms with van der Waals surface area (Å²) in [6.45, 7) is 8.36. The molecule has 2 N–H and O–H groups in total. The first-order valence-corrected chi connectivity index (χ1v) is 7.30. The maximum Gasteiger partial charge on any atom is -0.0564 e. The van der Waals surface area contributed by atoms with Crippen molar-refractivity contribution in [3.8, 4) is 0 Å². The van der Waals surface area contributed by atoms with Crippen molar-refractivity contribution in [2.24, 2.45) is 0 Å². The van der Waals surface area contributed by atoms with E-state index < -0.39 is 15.6 Å². The highest BCUT2D eigenvalue weighted by Gasteiger charge is 1.56. The van der Waals surface area contributed by atoms with Gasteiger partial charge in [0.15, 0.2) is 0 Å². The van der Waals surface area contributed by atoms with Crippen LogP contribution in [-0.4, -0.2) is 5.48 Å². The summed E-state index contributed by atoms with van der Waals surface area (Å²) in [6, 6.07) is 0. The van der Waals surface area contributed by atoms with Gasteiger partial charge in [0.1, 0.15) is 0 Å². The van der Waals surface area contributed by atoms with E-state index in [1.54, 1.807) is 0 Å². The van der Waals surface area contributed by atoms with E-state index >= 15 is 0 Å². The second-order valence-electron chi connectivity index (χ2n) is 1.89. The molecule has 0 unspecified atom stereocenters. The summed E-state index contributed by atoms with van der Waals surface area (Å²) >= 11 is 0. The summed E-state index contributed by atoms with van der Waals surface area (Å²) in [5, 5.41) is 0. The first-order valence-electron chi connectivity index (χ1n) is 4.37. The van der Waals surface area contributed by atoms with Gasteiger partial charge in [-0.05, 0) is 0 Å². The van der Waals surface area contributed by atoms with Crippen molar-refractivity contribution < 1.29 is 44.0 Å². The standard InChI is InChI=1S/C4H10.C2H6.2H3O4P.H2O/c1-3-4-2;1-2;2*1-5(2,3)4;/h3-4H2,1-2H3;1-2H3;2*(H3,1,2,3,4);1H2/p-6. The van der Waals surface area contributed by atoms with Crippen LogP contribution in [0.2, 0.25) is 0 Å². The highest BCUT2D eigenvalue weighted by molar-refractivity contribution is 7.40. The lowest BCUT2D eigenvalue weighted by atomic mass is 10.4. The molecule has 0 rings (SSSR count). The first-order chi connectivity index (χ1) is 6.91. The van der Waals surface area contributed by atoms with E-state index in [-0.39, 0.29) is 5.48 Å². The zero-order valence-electron chi connectivity index (χ0n) is 10.1. The summed E-state index contributed by atoms with van der Waals surface area (Å²) in [5.41, 5.74) is 0. The fraction of sp³-hybridized carbons (Fsp3) is 1.00. The molecule has 0 bridgehead atoms. The van der Waals surface area contributed by atoms with E-state index in [4.69, 9.17) is 38.5 Å². The lowest BCUT2D eigenvalue weighted by molar-refractivity contribution is -0.434. The minimum Gasteiger partial charge on any atom is -0.822 e. The first kappa shape index (κ1) is 30.3. The second-order valence-corrected chi connectivity index (χ2v) is 3.68. The van der Waals surface area contributed by atoms with Crippen LogP contribution in [0.3, 0.4) is 0 Å². The molecule has 0 radical (unpaired) electrons. The molecule has 0 aromatic rings. The molecule has 0 aromatic carbocycles. The highest BCUT2D eigenvalue weighted by Crippen LogP contribution is 2.03. The molecule has 0 spiro atoms. The molecule has 112 valence electrons. The molecule has 0 saturated heterocycles. The molecule has 0 aliphatic carbocycles. The lowest BCUT2D eigenvalue weighted by Crippen LogP contribution is -2.24. The number of unbranched alkanes of at least 4 members (excludes halogenated alkanes) is 1. The third-order valence-corrected chi connectivity index (χ3v) is 0.500. The molecule has 0 saturated carbocycles. The third kappa shape index (κ3) is 2340. The van der Waals surface area contributed by atoms with Gasteiger partial charge < -0.3 is 44.0 Å². The minimum atomic E-state index is -5.39. The summed E-state index contributed by atoms with van der Waals surface area (Å²) in [5.74, 6) is 0. The Morgan fingerprint density at radius 3 is 0.765 bits per heavy atom. The zero-order chi connectivity index (χ0) is 14.4. The summed E-state index contributed by atoms with van der Waals surface area (Å²) in [7, 11) is -10.8. The maximum absolute atomic E-state index is 8.55. The van der Waals surface area contributed by atoms with Crippen LogP contribution in [0.25, 0.3) is 0 Å². The van der Waals surface area contributed by atoms with Crippen LogP contribution in [-0.2, 0) is 9.13 Å². The monoisotopic (exact) mass is 296 g/mol.